The first-order valence-electron chi connectivity index (χ1n) is 14.7. The monoisotopic (exact) mass is 606 g/mol. The summed E-state index contributed by atoms with van der Waals surface area (Å²) in [5, 5.41) is 1.09. The molecule has 0 aliphatic carbocycles. The van der Waals surface area contributed by atoms with Crippen molar-refractivity contribution in [3.8, 4) is 0 Å². The van der Waals surface area contributed by atoms with E-state index in [0.717, 1.165) is 66.7 Å². The lowest BCUT2D eigenvalue weighted by atomic mass is 9.70. The molecule has 0 radical (unpaired) electrons. The molecule has 1 saturated heterocycles. The third kappa shape index (κ3) is 6.23. The van der Waals surface area contributed by atoms with E-state index in [2.05, 4.69) is 29.2 Å². The maximum absolute atomic E-state index is 13.0. The molecule has 0 aromatic heterocycles. The molecule has 0 bridgehead atoms. The number of carbonyl (C=O) groups excluding carboxylic acids is 2. The summed E-state index contributed by atoms with van der Waals surface area (Å²) in [5.41, 5.74) is 11.9. The third-order valence-electron chi connectivity index (χ3n) is 8.94. The van der Waals surface area contributed by atoms with Gasteiger partial charge >= 0.3 is 0 Å². The Bertz CT molecular complexity index is 1460. The van der Waals surface area contributed by atoms with Crippen molar-refractivity contribution in [1.82, 2.24) is 9.80 Å². The number of carbonyl (C=O) groups is 2. The van der Waals surface area contributed by atoms with Crippen molar-refractivity contribution >= 4 is 40.7 Å². The fourth-order valence-electron chi connectivity index (χ4n) is 6.87. The van der Waals surface area contributed by atoms with Crippen LogP contribution in [0.25, 0.3) is 0 Å². The molecule has 2 atom stereocenters. The SMILES string of the molecule is Cc1cc(C)cc(C(=O)N(C)CCCCN2CCC3(C[C@H]2c2ccc(Cl)c(Cl)c2)CN(C(=O)CN)c2ccccc23)c1. The summed E-state index contributed by atoms with van der Waals surface area (Å²) >= 11 is 12.8. The standard InChI is InChI=1S/C34H40Cl2N4O2/c1-23-16-24(2)18-26(17-23)33(42)38(3)13-6-7-14-39-15-12-34(20-31(39)25-10-11-28(35)29(36)19-25)22-40(32(41)21-37)30-9-5-4-8-27(30)34/h4-5,8-11,16-19,31H,6-7,12-15,20-22,37H2,1-3H3/t31-,34?/m0/s1. The van der Waals surface area contributed by atoms with Gasteiger partial charge < -0.3 is 15.5 Å². The molecular formula is C34H40Cl2N4O2. The van der Waals surface area contributed by atoms with Crippen molar-refractivity contribution in [2.24, 2.45) is 5.73 Å². The molecule has 6 nitrogen and oxygen atoms in total. The van der Waals surface area contributed by atoms with Gasteiger partial charge in [-0.1, -0.05) is 64.7 Å². The third-order valence-corrected chi connectivity index (χ3v) is 9.68. The number of piperidine rings is 1. The van der Waals surface area contributed by atoms with Crippen molar-refractivity contribution in [2.45, 2.75) is 51.0 Å². The van der Waals surface area contributed by atoms with Crippen LogP contribution < -0.4 is 10.6 Å². The Labute approximate surface area is 259 Å². The van der Waals surface area contributed by atoms with Crippen LogP contribution in [0.15, 0.2) is 60.7 Å². The predicted octanol–water partition coefficient (Wildman–Crippen LogP) is 6.54. The van der Waals surface area contributed by atoms with Crippen molar-refractivity contribution in [2.75, 3.05) is 44.7 Å². The lowest BCUT2D eigenvalue weighted by Gasteiger charge is -2.46. The summed E-state index contributed by atoms with van der Waals surface area (Å²) in [6.45, 7) is 7.17. The fraction of sp³-hybridized carbons (Fsp3) is 0.412. The number of unbranched alkanes of at least 4 members (excludes halogenated alkanes) is 1. The van der Waals surface area contributed by atoms with Crippen LogP contribution in [0.4, 0.5) is 5.69 Å². The minimum atomic E-state index is -0.159. The second kappa shape index (κ2) is 12.8. The Morgan fingerprint density at radius 3 is 2.45 bits per heavy atom. The van der Waals surface area contributed by atoms with E-state index in [-0.39, 0.29) is 29.8 Å². The number of rotatable bonds is 8. The normalized spacial score (nSPS) is 20.1. The van der Waals surface area contributed by atoms with Gasteiger partial charge in [-0.3, -0.25) is 14.5 Å². The topological polar surface area (TPSA) is 69.9 Å². The van der Waals surface area contributed by atoms with Crippen molar-refractivity contribution in [3.63, 3.8) is 0 Å². The van der Waals surface area contributed by atoms with Gasteiger partial charge in [0.2, 0.25) is 5.91 Å². The molecule has 2 aliphatic heterocycles. The molecule has 2 N–H and O–H groups in total. The predicted molar refractivity (Wildman–Crippen MR) is 172 cm³/mol. The minimum Gasteiger partial charge on any atom is -0.342 e. The molecule has 222 valence electrons. The highest BCUT2D eigenvalue weighted by molar-refractivity contribution is 6.42. The molecule has 1 unspecified atom stereocenters. The van der Waals surface area contributed by atoms with E-state index in [0.29, 0.717) is 23.1 Å². The van der Waals surface area contributed by atoms with Crippen molar-refractivity contribution < 1.29 is 9.59 Å². The number of aryl methyl sites for hydroxylation is 2. The Hall–Kier alpha value is -2.90. The summed E-state index contributed by atoms with van der Waals surface area (Å²) < 4.78 is 0. The molecule has 2 aliphatic rings. The van der Waals surface area contributed by atoms with E-state index in [9.17, 15) is 9.59 Å². The molecule has 3 aromatic carbocycles. The highest BCUT2D eigenvalue weighted by atomic mass is 35.5. The number of halogens is 2. The second-order valence-corrected chi connectivity index (χ2v) is 12.8. The molecule has 0 saturated carbocycles. The maximum Gasteiger partial charge on any atom is 0.253 e. The van der Waals surface area contributed by atoms with Crippen LogP contribution in [0.5, 0.6) is 0 Å². The second-order valence-electron chi connectivity index (χ2n) is 12.0. The Morgan fingerprint density at radius 2 is 1.74 bits per heavy atom. The number of nitrogens with zero attached hydrogens (tertiary/aromatic N) is 3. The zero-order chi connectivity index (χ0) is 30.0. The van der Waals surface area contributed by atoms with E-state index in [1.54, 1.807) is 0 Å². The first-order chi connectivity index (χ1) is 20.1. The van der Waals surface area contributed by atoms with E-state index >= 15 is 0 Å². The average Bonchev–Trinajstić information content (AvgIpc) is 3.29. The van der Waals surface area contributed by atoms with Gasteiger partial charge in [-0.25, -0.2) is 0 Å². The smallest absolute Gasteiger partial charge is 0.253 e. The summed E-state index contributed by atoms with van der Waals surface area (Å²) in [6.07, 6.45) is 3.68. The van der Waals surface area contributed by atoms with Gasteiger partial charge in [-0.15, -0.1) is 0 Å². The number of likely N-dealkylation sites (tertiary alicyclic amines) is 1. The molecule has 2 heterocycles. The van der Waals surface area contributed by atoms with Gasteiger partial charge in [-0.05, 0) is 94.1 Å². The van der Waals surface area contributed by atoms with Crippen LogP contribution in [0, 0.1) is 13.8 Å². The van der Waals surface area contributed by atoms with E-state index in [1.165, 1.54) is 5.56 Å². The quantitative estimate of drug-likeness (QED) is 0.295. The van der Waals surface area contributed by atoms with Gasteiger partial charge in [0, 0.05) is 42.8 Å². The van der Waals surface area contributed by atoms with Crippen LogP contribution in [0.1, 0.15) is 64.3 Å². The van der Waals surface area contributed by atoms with Crippen LogP contribution in [0.2, 0.25) is 10.0 Å². The molecule has 5 rings (SSSR count). The van der Waals surface area contributed by atoms with Gasteiger partial charge in [-0.2, -0.15) is 0 Å². The largest absolute Gasteiger partial charge is 0.342 e. The van der Waals surface area contributed by atoms with Crippen LogP contribution >= 0.6 is 23.2 Å². The summed E-state index contributed by atoms with van der Waals surface area (Å²) in [7, 11) is 1.88. The molecule has 3 aromatic rings. The van der Waals surface area contributed by atoms with Crippen LogP contribution in [0.3, 0.4) is 0 Å². The van der Waals surface area contributed by atoms with Gasteiger partial charge in [0.25, 0.3) is 5.91 Å². The Morgan fingerprint density at radius 1 is 1.00 bits per heavy atom. The van der Waals surface area contributed by atoms with Gasteiger partial charge in [0.15, 0.2) is 0 Å². The number of nitrogens with two attached hydrogens (primary N) is 1. The lowest BCUT2D eigenvalue weighted by molar-refractivity contribution is -0.117. The Balaban J connectivity index is 1.31. The van der Waals surface area contributed by atoms with Crippen molar-refractivity contribution in [3.05, 3.63) is 98.5 Å². The number of para-hydroxylation sites is 1. The highest BCUT2D eigenvalue weighted by Gasteiger charge is 2.48. The molecule has 42 heavy (non-hydrogen) atoms. The number of anilines is 1. The molecule has 1 fully saturated rings. The van der Waals surface area contributed by atoms with Gasteiger partial charge in [0.05, 0.1) is 16.6 Å². The lowest BCUT2D eigenvalue weighted by Crippen LogP contribution is -2.48. The molecule has 8 heteroatoms. The number of amides is 2. The zero-order valence-electron chi connectivity index (χ0n) is 24.7. The summed E-state index contributed by atoms with van der Waals surface area (Å²) in [5.74, 6) is 0.0132. The zero-order valence-corrected chi connectivity index (χ0v) is 26.2. The summed E-state index contributed by atoms with van der Waals surface area (Å²) in [6, 6.07) is 20.3. The number of hydrogen-bond donors (Lipinski definition) is 1. The van der Waals surface area contributed by atoms with E-state index < -0.39 is 0 Å². The average molecular weight is 608 g/mol. The summed E-state index contributed by atoms with van der Waals surface area (Å²) in [4.78, 5) is 32.1. The van der Waals surface area contributed by atoms with Gasteiger partial charge in [0.1, 0.15) is 0 Å². The van der Waals surface area contributed by atoms with Crippen LogP contribution in [-0.4, -0.2) is 61.4 Å². The molecular weight excluding hydrogens is 567 g/mol. The van der Waals surface area contributed by atoms with E-state index in [1.807, 2.05) is 67.1 Å². The molecule has 1 spiro atoms. The first-order valence-corrected chi connectivity index (χ1v) is 15.5. The number of benzene rings is 3. The van der Waals surface area contributed by atoms with E-state index in [4.69, 9.17) is 28.9 Å². The van der Waals surface area contributed by atoms with Crippen molar-refractivity contribution in [1.29, 1.82) is 0 Å². The molecule has 2 amide bonds. The fourth-order valence-corrected chi connectivity index (χ4v) is 7.17. The number of hydrogen-bond acceptors (Lipinski definition) is 4. The number of fused-ring (bicyclic) bond motifs is 2. The maximum atomic E-state index is 13.0. The Kier molecular flexibility index (Phi) is 9.28. The minimum absolute atomic E-state index is 0.00675. The van der Waals surface area contributed by atoms with Crippen LogP contribution in [-0.2, 0) is 10.2 Å². The first kappa shape index (κ1) is 30.6. The highest BCUT2D eigenvalue weighted by Crippen LogP contribution is 2.51.